The number of rotatable bonds is 0. The topological polar surface area (TPSA) is 41.6 Å². The summed E-state index contributed by atoms with van der Waals surface area (Å²) >= 11 is 0. The van der Waals surface area contributed by atoms with E-state index in [4.69, 9.17) is 5.73 Å². The van der Waals surface area contributed by atoms with Crippen molar-refractivity contribution in [1.82, 2.24) is 4.90 Å². The molecule has 2 N–H and O–H groups in total. The van der Waals surface area contributed by atoms with E-state index in [1.807, 2.05) is 13.1 Å². The van der Waals surface area contributed by atoms with Crippen molar-refractivity contribution in [1.29, 1.82) is 0 Å². The molecule has 0 spiro atoms. The van der Waals surface area contributed by atoms with Crippen molar-refractivity contribution in [2.24, 2.45) is 10.7 Å². The Hall–Kier alpha value is -0.930. The molecule has 0 radical (unpaired) electrons. The van der Waals surface area contributed by atoms with Crippen LogP contribution in [0.25, 0.3) is 0 Å². The normalized spacial score (nSPS) is 33.8. The number of hydrogen-bond donors (Lipinski definition) is 1. The molecule has 3 nitrogen and oxygen atoms in total. The maximum absolute atomic E-state index is 6.00. The fourth-order valence-electron chi connectivity index (χ4n) is 1.80. The Morgan fingerprint density at radius 3 is 2.92 bits per heavy atom. The molecule has 3 heteroatoms. The highest BCUT2D eigenvalue weighted by Crippen LogP contribution is 2.24. The number of fused-ring (bicyclic) bond motifs is 1. The lowest BCUT2D eigenvalue weighted by Crippen LogP contribution is -2.35. The van der Waals surface area contributed by atoms with E-state index in [2.05, 4.69) is 23.0 Å². The van der Waals surface area contributed by atoms with Gasteiger partial charge in [-0.3, -0.25) is 9.89 Å². The Morgan fingerprint density at radius 2 is 2.15 bits per heavy atom. The number of likely N-dealkylation sites (N-methyl/N-ethyl adjacent to an activating group) is 1. The minimum atomic E-state index is -0.390. The highest BCUT2D eigenvalue weighted by molar-refractivity contribution is 5.75. The van der Waals surface area contributed by atoms with Crippen molar-refractivity contribution in [2.45, 2.75) is 12.5 Å². The van der Waals surface area contributed by atoms with Gasteiger partial charge in [0.25, 0.3) is 0 Å². The van der Waals surface area contributed by atoms with Crippen molar-refractivity contribution in [3.8, 4) is 0 Å². The van der Waals surface area contributed by atoms with Gasteiger partial charge in [-0.25, -0.2) is 0 Å². The third-order valence-electron chi connectivity index (χ3n) is 2.36. The lowest BCUT2D eigenvalue weighted by Gasteiger charge is -2.13. The van der Waals surface area contributed by atoms with Gasteiger partial charge in [0.2, 0.25) is 0 Å². The molecule has 0 saturated carbocycles. The van der Waals surface area contributed by atoms with Gasteiger partial charge in [-0.1, -0.05) is 6.08 Å². The number of hydrogen-bond acceptors (Lipinski definition) is 3. The Labute approximate surface area is 78.6 Å². The molecule has 0 amide bonds. The van der Waals surface area contributed by atoms with Gasteiger partial charge in [-0.15, -0.1) is 0 Å². The van der Waals surface area contributed by atoms with Gasteiger partial charge in [0.1, 0.15) is 0 Å². The Kier molecular flexibility index (Phi) is 1.86. The monoisotopic (exact) mass is 177 g/mol. The molecule has 2 heterocycles. The highest BCUT2D eigenvalue weighted by atomic mass is 15.1. The summed E-state index contributed by atoms with van der Waals surface area (Å²) in [5, 5.41) is 0. The molecule has 13 heavy (non-hydrogen) atoms. The van der Waals surface area contributed by atoms with Gasteiger partial charge in [-0.05, 0) is 25.1 Å². The van der Waals surface area contributed by atoms with Crippen LogP contribution in [-0.2, 0) is 0 Å². The second-order valence-electron chi connectivity index (χ2n) is 4.14. The summed E-state index contributed by atoms with van der Waals surface area (Å²) in [5.41, 5.74) is 8.23. The first-order valence-electron chi connectivity index (χ1n) is 4.50. The number of nitrogens with zero attached hydrogens (tertiary/aromatic N) is 2. The zero-order valence-electron chi connectivity index (χ0n) is 8.12. The molecule has 1 fully saturated rings. The lowest BCUT2D eigenvalue weighted by atomic mass is 10.0. The summed E-state index contributed by atoms with van der Waals surface area (Å²) in [6, 6.07) is 0. The van der Waals surface area contributed by atoms with Crippen LogP contribution in [0.2, 0.25) is 0 Å². The summed E-state index contributed by atoms with van der Waals surface area (Å²) in [5.74, 6) is 0. The quantitative estimate of drug-likeness (QED) is 0.587. The molecule has 70 valence electrons. The van der Waals surface area contributed by atoms with Crippen LogP contribution in [0.3, 0.4) is 0 Å². The predicted octanol–water partition coefficient (Wildman–Crippen LogP) is 0.544. The van der Waals surface area contributed by atoms with E-state index in [0.717, 1.165) is 13.1 Å². The minimum absolute atomic E-state index is 0.390. The molecule has 0 aromatic heterocycles. The minimum Gasteiger partial charge on any atom is -0.318 e. The average molecular weight is 177 g/mol. The predicted molar refractivity (Wildman–Crippen MR) is 54.7 cm³/mol. The molecule has 0 bridgehead atoms. The van der Waals surface area contributed by atoms with E-state index >= 15 is 0 Å². The van der Waals surface area contributed by atoms with E-state index in [0.29, 0.717) is 0 Å². The molecule has 1 atom stereocenters. The molecule has 2 aliphatic rings. The molecule has 0 aliphatic carbocycles. The van der Waals surface area contributed by atoms with Crippen LogP contribution in [-0.4, -0.2) is 36.8 Å². The first-order valence-corrected chi connectivity index (χ1v) is 4.50. The summed E-state index contributed by atoms with van der Waals surface area (Å²) in [6.07, 6.45) is 5.83. The van der Waals surface area contributed by atoms with Gasteiger partial charge in [-0.2, -0.15) is 0 Å². The second-order valence-corrected chi connectivity index (χ2v) is 4.14. The fraction of sp³-hybridized carbons (Fsp3) is 0.500. The third kappa shape index (κ3) is 1.71. The average Bonchev–Trinajstić information content (AvgIpc) is 2.23. The molecule has 1 saturated heterocycles. The van der Waals surface area contributed by atoms with Gasteiger partial charge < -0.3 is 5.73 Å². The van der Waals surface area contributed by atoms with E-state index < -0.39 is 5.54 Å². The van der Waals surface area contributed by atoms with Gasteiger partial charge >= 0.3 is 0 Å². The molecular formula is C10H15N3. The molecule has 0 aromatic carbocycles. The second kappa shape index (κ2) is 2.79. The van der Waals surface area contributed by atoms with Crippen molar-refractivity contribution >= 4 is 6.21 Å². The molecule has 2 rings (SSSR count). The fourth-order valence-corrected chi connectivity index (χ4v) is 1.80. The van der Waals surface area contributed by atoms with Gasteiger partial charge in [0.05, 0.1) is 5.54 Å². The first kappa shape index (κ1) is 8.66. The van der Waals surface area contributed by atoms with E-state index in [1.54, 1.807) is 6.21 Å². The largest absolute Gasteiger partial charge is 0.318 e. The van der Waals surface area contributed by atoms with Crippen LogP contribution >= 0.6 is 0 Å². The van der Waals surface area contributed by atoms with E-state index in [9.17, 15) is 0 Å². The summed E-state index contributed by atoms with van der Waals surface area (Å²) in [7, 11) is 2.11. The Morgan fingerprint density at radius 1 is 1.46 bits per heavy atom. The maximum atomic E-state index is 6.00. The van der Waals surface area contributed by atoms with Crippen molar-refractivity contribution < 1.29 is 0 Å². The van der Waals surface area contributed by atoms with Crippen LogP contribution in [0.1, 0.15) is 6.92 Å². The van der Waals surface area contributed by atoms with Gasteiger partial charge in [0.15, 0.2) is 0 Å². The summed E-state index contributed by atoms with van der Waals surface area (Å²) in [4.78, 5) is 6.47. The van der Waals surface area contributed by atoms with Gasteiger partial charge in [0, 0.05) is 25.5 Å². The van der Waals surface area contributed by atoms with Crippen molar-refractivity contribution in [3.63, 3.8) is 0 Å². The van der Waals surface area contributed by atoms with Crippen LogP contribution < -0.4 is 5.73 Å². The Balaban J connectivity index is 2.37. The zero-order chi connectivity index (χ0) is 9.47. The third-order valence-corrected chi connectivity index (χ3v) is 2.36. The van der Waals surface area contributed by atoms with Crippen LogP contribution in [0.4, 0.5) is 0 Å². The zero-order valence-corrected chi connectivity index (χ0v) is 8.12. The van der Waals surface area contributed by atoms with Crippen LogP contribution in [0.15, 0.2) is 28.4 Å². The number of likely N-dealkylation sites (tertiary alicyclic amines) is 1. The van der Waals surface area contributed by atoms with Crippen LogP contribution in [0, 0.1) is 0 Å². The number of nitrogens with two attached hydrogens (primary N) is 1. The van der Waals surface area contributed by atoms with Crippen LogP contribution in [0.5, 0.6) is 0 Å². The summed E-state index contributed by atoms with van der Waals surface area (Å²) < 4.78 is 0. The molecule has 2 aliphatic heterocycles. The summed E-state index contributed by atoms with van der Waals surface area (Å²) in [6.45, 7) is 3.94. The van der Waals surface area contributed by atoms with Crippen molar-refractivity contribution in [2.75, 3.05) is 20.1 Å². The van der Waals surface area contributed by atoms with Crippen molar-refractivity contribution in [3.05, 3.63) is 23.4 Å². The highest BCUT2D eigenvalue weighted by Gasteiger charge is 2.23. The molecule has 0 aromatic rings. The smallest absolute Gasteiger partial charge is 0.0676 e. The Bertz CT molecular complexity index is 310. The number of aliphatic imine (C=N–C) groups is 1. The lowest BCUT2D eigenvalue weighted by molar-refractivity contribution is 0.436. The SMILES string of the molecule is CN1CC2=CN=CC(C)(N)C=C2C1. The standard InChI is InChI=1S/C10H15N3/c1-10(11)3-8-5-13(2)6-9(8)4-12-7-10/h3-4,7H,5-6,11H2,1-2H3. The van der Waals surface area contributed by atoms with E-state index in [1.165, 1.54) is 11.1 Å². The van der Waals surface area contributed by atoms with E-state index in [-0.39, 0.29) is 0 Å². The molecular weight excluding hydrogens is 162 g/mol. The molecule has 1 unspecified atom stereocenters. The maximum Gasteiger partial charge on any atom is 0.0676 e. The first-order chi connectivity index (χ1) is 6.07.